The third-order valence-electron chi connectivity index (χ3n) is 7.47. The average molecular weight is 452 g/mol. The average Bonchev–Trinajstić information content (AvgIpc) is 3.38. The van der Waals surface area contributed by atoms with Gasteiger partial charge in [-0.05, 0) is 63.7 Å². The molecule has 7 rings (SSSR count). The molecule has 1 N–H and O–H groups in total. The van der Waals surface area contributed by atoms with Crippen LogP contribution in [0.5, 0.6) is 0 Å². The monoisotopic (exact) mass is 451 g/mol. The van der Waals surface area contributed by atoms with Crippen LogP contribution in [0.2, 0.25) is 0 Å². The number of hydrogen-bond donors (Lipinski definition) is 1. The van der Waals surface area contributed by atoms with Crippen LogP contribution < -0.4 is 5.32 Å². The Labute approximate surface area is 204 Å². The first kappa shape index (κ1) is 20.1. The minimum absolute atomic E-state index is 0.0469. The maximum atomic E-state index is 6.10. The quantitative estimate of drug-likeness (QED) is 0.290. The lowest BCUT2D eigenvalue weighted by Crippen LogP contribution is -2.14. The molecule has 2 nitrogen and oxygen atoms in total. The molecule has 0 bridgehead atoms. The molecule has 168 valence electrons. The zero-order chi connectivity index (χ0) is 23.6. The predicted molar refractivity (Wildman–Crippen MR) is 146 cm³/mol. The number of hydrogen-bond acceptors (Lipinski definition) is 2. The SMILES string of the molecule is CC1(C)c2ccc(Nc3cccc4oc5ccccc5c34)cc2-c2c(-c3ccccc3)cccc21. The van der Waals surface area contributed by atoms with Gasteiger partial charge < -0.3 is 9.73 Å². The van der Waals surface area contributed by atoms with Gasteiger partial charge in [-0.15, -0.1) is 0 Å². The summed E-state index contributed by atoms with van der Waals surface area (Å²) in [6.45, 7) is 4.66. The van der Waals surface area contributed by atoms with Gasteiger partial charge in [0, 0.05) is 16.5 Å². The summed E-state index contributed by atoms with van der Waals surface area (Å²) < 4.78 is 6.10. The predicted octanol–water partition coefficient (Wildman–Crippen LogP) is 9.30. The van der Waals surface area contributed by atoms with E-state index in [0.29, 0.717) is 0 Å². The van der Waals surface area contributed by atoms with Gasteiger partial charge in [0.1, 0.15) is 11.2 Å². The smallest absolute Gasteiger partial charge is 0.137 e. The largest absolute Gasteiger partial charge is 0.456 e. The summed E-state index contributed by atoms with van der Waals surface area (Å²) in [4.78, 5) is 0. The van der Waals surface area contributed by atoms with Gasteiger partial charge in [-0.1, -0.05) is 92.7 Å². The van der Waals surface area contributed by atoms with Crippen LogP contribution in [0.1, 0.15) is 25.0 Å². The van der Waals surface area contributed by atoms with Crippen molar-refractivity contribution in [2.24, 2.45) is 0 Å². The van der Waals surface area contributed by atoms with E-state index in [1.807, 2.05) is 24.3 Å². The third-order valence-corrected chi connectivity index (χ3v) is 7.47. The van der Waals surface area contributed by atoms with Gasteiger partial charge in [-0.3, -0.25) is 0 Å². The van der Waals surface area contributed by atoms with Crippen molar-refractivity contribution in [1.29, 1.82) is 0 Å². The molecule has 0 atom stereocenters. The summed E-state index contributed by atoms with van der Waals surface area (Å²) >= 11 is 0. The molecule has 0 aliphatic heterocycles. The molecule has 0 spiro atoms. The highest BCUT2D eigenvalue weighted by Gasteiger charge is 2.36. The molecule has 1 aliphatic carbocycles. The van der Waals surface area contributed by atoms with Gasteiger partial charge >= 0.3 is 0 Å². The van der Waals surface area contributed by atoms with Gasteiger partial charge in [0.05, 0.1) is 11.1 Å². The first-order chi connectivity index (χ1) is 17.1. The van der Waals surface area contributed by atoms with Crippen molar-refractivity contribution in [2.75, 3.05) is 5.32 Å². The number of anilines is 2. The first-order valence-electron chi connectivity index (χ1n) is 12.1. The zero-order valence-electron chi connectivity index (χ0n) is 19.8. The maximum Gasteiger partial charge on any atom is 0.137 e. The van der Waals surface area contributed by atoms with E-state index in [9.17, 15) is 0 Å². The van der Waals surface area contributed by atoms with Gasteiger partial charge in [0.2, 0.25) is 0 Å². The zero-order valence-corrected chi connectivity index (χ0v) is 19.8. The Morgan fingerprint density at radius 2 is 1.40 bits per heavy atom. The number of furan rings is 1. The third kappa shape index (κ3) is 2.96. The van der Waals surface area contributed by atoms with E-state index in [1.165, 1.54) is 33.4 Å². The maximum absolute atomic E-state index is 6.10. The van der Waals surface area contributed by atoms with Crippen molar-refractivity contribution in [2.45, 2.75) is 19.3 Å². The van der Waals surface area contributed by atoms with Crippen molar-refractivity contribution >= 4 is 33.3 Å². The Bertz CT molecular complexity index is 1740. The fourth-order valence-corrected chi connectivity index (χ4v) is 5.77. The summed E-state index contributed by atoms with van der Waals surface area (Å²) in [6, 6.07) is 38.7. The van der Waals surface area contributed by atoms with E-state index in [4.69, 9.17) is 4.42 Å². The fourth-order valence-electron chi connectivity index (χ4n) is 5.77. The van der Waals surface area contributed by atoms with Crippen molar-refractivity contribution in [3.8, 4) is 22.3 Å². The molecule has 2 heteroatoms. The minimum atomic E-state index is -0.0469. The molecule has 0 saturated carbocycles. The van der Waals surface area contributed by atoms with Gasteiger partial charge in [-0.25, -0.2) is 0 Å². The van der Waals surface area contributed by atoms with E-state index in [2.05, 4.69) is 104 Å². The van der Waals surface area contributed by atoms with Gasteiger partial charge in [0.25, 0.3) is 0 Å². The number of nitrogens with one attached hydrogen (secondary N) is 1. The lowest BCUT2D eigenvalue weighted by atomic mass is 9.82. The molecule has 0 unspecified atom stereocenters. The van der Waals surface area contributed by atoms with Crippen LogP contribution >= 0.6 is 0 Å². The van der Waals surface area contributed by atoms with Gasteiger partial charge in [0.15, 0.2) is 0 Å². The molecule has 1 heterocycles. The Hall–Kier alpha value is -4.30. The van der Waals surface area contributed by atoms with Crippen LogP contribution in [0.25, 0.3) is 44.2 Å². The molecule has 1 aliphatic rings. The van der Waals surface area contributed by atoms with E-state index in [1.54, 1.807) is 0 Å². The molecular weight excluding hydrogens is 426 g/mol. The molecule has 1 aromatic heterocycles. The lowest BCUT2D eigenvalue weighted by Gasteiger charge is -2.22. The van der Waals surface area contributed by atoms with Crippen LogP contribution in [0.3, 0.4) is 0 Å². The molecule has 35 heavy (non-hydrogen) atoms. The Kier molecular flexibility index (Phi) is 4.22. The van der Waals surface area contributed by atoms with E-state index in [0.717, 1.165) is 33.3 Å². The summed E-state index contributed by atoms with van der Waals surface area (Å²) in [5, 5.41) is 5.96. The van der Waals surface area contributed by atoms with Crippen LogP contribution in [0, 0.1) is 0 Å². The highest BCUT2D eigenvalue weighted by atomic mass is 16.3. The Morgan fingerprint density at radius 3 is 2.29 bits per heavy atom. The van der Waals surface area contributed by atoms with Crippen LogP contribution in [0.15, 0.2) is 114 Å². The second-order valence-corrected chi connectivity index (χ2v) is 9.88. The molecule has 0 amide bonds. The minimum Gasteiger partial charge on any atom is -0.456 e. The second kappa shape index (κ2) is 7.35. The standard InChI is InChI=1S/C33H25NO/c1-33(2)26-19-18-22(34-28-15-9-17-30-32(28)24-12-6-7-16-29(24)35-30)20-25(26)31-23(13-8-14-27(31)33)21-10-4-3-5-11-21/h3-20,34H,1-2H3. The van der Waals surface area contributed by atoms with Gasteiger partial charge in [-0.2, -0.15) is 0 Å². The molecule has 5 aromatic carbocycles. The number of para-hydroxylation sites is 1. The fraction of sp³-hybridized carbons (Fsp3) is 0.0909. The molecular formula is C33H25NO. The molecule has 0 fully saturated rings. The summed E-state index contributed by atoms with van der Waals surface area (Å²) in [7, 11) is 0. The van der Waals surface area contributed by atoms with Crippen molar-refractivity contribution in [3.63, 3.8) is 0 Å². The summed E-state index contributed by atoms with van der Waals surface area (Å²) in [5.74, 6) is 0. The molecule has 0 saturated heterocycles. The first-order valence-corrected chi connectivity index (χ1v) is 12.1. The Balaban J connectivity index is 1.40. The normalized spacial score (nSPS) is 13.7. The van der Waals surface area contributed by atoms with Crippen LogP contribution in [-0.2, 0) is 5.41 Å². The highest BCUT2D eigenvalue weighted by Crippen LogP contribution is 2.52. The van der Waals surface area contributed by atoms with Crippen molar-refractivity contribution in [3.05, 3.63) is 120 Å². The van der Waals surface area contributed by atoms with Crippen LogP contribution in [-0.4, -0.2) is 0 Å². The lowest BCUT2D eigenvalue weighted by molar-refractivity contribution is 0.660. The van der Waals surface area contributed by atoms with Crippen molar-refractivity contribution in [1.82, 2.24) is 0 Å². The van der Waals surface area contributed by atoms with E-state index in [-0.39, 0.29) is 5.41 Å². The second-order valence-electron chi connectivity index (χ2n) is 9.88. The number of benzene rings is 5. The highest BCUT2D eigenvalue weighted by molar-refractivity contribution is 6.12. The Morgan fingerprint density at radius 1 is 0.629 bits per heavy atom. The topological polar surface area (TPSA) is 25.2 Å². The van der Waals surface area contributed by atoms with E-state index < -0.39 is 0 Å². The molecule has 0 radical (unpaired) electrons. The summed E-state index contributed by atoms with van der Waals surface area (Å²) in [5.41, 5.74) is 11.8. The van der Waals surface area contributed by atoms with Crippen LogP contribution in [0.4, 0.5) is 11.4 Å². The molecule has 6 aromatic rings. The number of fused-ring (bicyclic) bond motifs is 6. The van der Waals surface area contributed by atoms with Crippen molar-refractivity contribution < 1.29 is 4.42 Å². The summed E-state index contributed by atoms with van der Waals surface area (Å²) in [6.07, 6.45) is 0. The number of rotatable bonds is 3. The van der Waals surface area contributed by atoms with E-state index >= 15 is 0 Å².